The molecule has 1 N–H and O–H groups in total. The molecular weight excluding hydrogens is 415 g/mol. The first kappa shape index (κ1) is 21.9. The minimum atomic E-state index is -5.08. The molecule has 31 heavy (non-hydrogen) atoms. The molecule has 1 aliphatic rings. The second-order valence-corrected chi connectivity index (χ2v) is 6.65. The number of halogens is 3. The fraction of sp³-hybridized carbons (Fsp3) is 0.250. The summed E-state index contributed by atoms with van der Waals surface area (Å²) in [5.74, 6) is -1.74. The summed E-state index contributed by atoms with van der Waals surface area (Å²) in [7, 11) is 1.96. The van der Waals surface area contributed by atoms with Gasteiger partial charge in [0.2, 0.25) is 0 Å². The van der Waals surface area contributed by atoms with E-state index < -0.39 is 12.1 Å². The smallest absolute Gasteiger partial charge is 0.475 e. The Balaban J connectivity index is 0.000000339. The Kier molecular flexibility index (Phi) is 6.33. The summed E-state index contributed by atoms with van der Waals surface area (Å²) in [6, 6.07) is 5.73. The number of aryl methyl sites for hydroxylation is 1. The third-order valence-corrected chi connectivity index (χ3v) is 4.63. The van der Waals surface area contributed by atoms with Crippen molar-refractivity contribution < 1.29 is 27.9 Å². The summed E-state index contributed by atoms with van der Waals surface area (Å²) >= 11 is 0. The van der Waals surface area contributed by atoms with Gasteiger partial charge in [-0.15, -0.1) is 0 Å². The Hall–Kier alpha value is -3.76. The molecule has 8 nitrogen and oxygen atoms in total. The highest BCUT2D eigenvalue weighted by molar-refractivity contribution is 6.03. The molecule has 1 aliphatic heterocycles. The third-order valence-electron chi connectivity index (χ3n) is 4.63. The first-order chi connectivity index (χ1) is 14.7. The number of aliphatic carboxylic acids is 1. The Bertz CT molecular complexity index is 1080. The van der Waals surface area contributed by atoms with Gasteiger partial charge in [-0.05, 0) is 29.3 Å². The van der Waals surface area contributed by atoms with E-state index in [0.717, 1.165) is 29.1 Å². The predicted octanol–water partition coefficient (Wildman–Crippen LogP) is 2.71. The topological polar surface area (TPSA) is 101 Å². The second-order valence-electron chi connectivity index (χ2n) is 6.65. The molecule has 0 saturated heterocycles. The van der Waals surface area contributed by atoms with Crippen molar-refractivity contribution in [1.82, 2.24) is 24.4 Å². The molecule has 0 aromatic carbocycles. The lowest BCUT2D eigenvalue weighted by Crippen LogP contribution is -2.27. The lowest BCUT2D eigenvalue weighted by molar-refractivity contribution is -0.192. The van der Waals surface area contributed by atoms with Crippen molar-refractivity contribution in [3.05, 3.63) is 66.3 Å². The van der Waals surface area contributed by atoms with E-state index in [4.69, 9.17) is 9.90 Å². The summed E-state index contributed by atoms with van der Waals surface area (Å²) in [6.07, 6.45) is 4.58. The summed E-state index contributed by atoms with van der Waals surface area (Å²) in [4.78, 5) is 36.4. The molecule has 0 fully saturated rings. The number of hydrogen-bond donors (Lipinski definition) is 1. The molecule has 0 unspecified atom stereocenters. The maximum atomic E-state index is 12.9. The molecule has 162 valence electrons. The van der Waals surface area contributed by atoms with E-state index in [2.05, 4.69) is 15.0 Å². The number of aromatic nitrogens is 4. The van der Waals surface area contributed by atoms with Crippen LogP contribution < -0.4 is 0 Å². The number of pyridine rings is 2. The molecule has 0 bridgehead atoms. The number of fused-ring (bicyclic) bond motifs is 1. The van der Waals surface area contributed by atoms with Gasteiger partial charge in [0.25, 0.3) is 5.91 Å². The van der Waals surface area contributed by atoms with E-state index >= 15 is 0 Å². The lowest BCUT2D eigenvalue weighted by atomic mass is 10.0. The Morgan fingerprint density at radius 2 is 1.81 bits per heavy atom. The second kappa shape index (κ2) is 8.94. The van der Waals surface area contributed by atoms with Crippen LogP contribution in [0.25, 0.3) is 11.1 Å². The average Bonchev–Trinajstić information content (AvgIpc) is 3.29. The number of hydrogen-bond acceptors (Lipinski definition) is 5. The van der Waals surface area contributed by atoms with Crippen LogP contribution >= 0.6 is 0 Å². The molecule has 3 aromatic rings. The summed E-state index contributed by atoms with van der Waals surface area (Å²) < 4.78 is 33.7. The molecule has 0 saturated carbocycles. The maximum Gasteiger partial charge on any atom is 0.490 e. The first-order valence-corrected chi connectivity index (χ1v) is 9.12. The van der Waals surface area contributed by atoms with Crippen LogP contribution in [0, 0.1) is 0 Å². The maximum absolute atomic E-state index is 12.9. The van der Waals surface area contributed by atoms with Crippen molar-refractivity contribution in [2.24, 2.45) is 7.05 Å². The number of amides is 1. The highest BCUT2D eigenvalue weighted by Crippen LogP contribution is 2.31. The number of rotatable bonds is 4. The van der Waals surface area contributed by atoms with Crippen LogP contribution in [0.15, 0.2) is 49.2 Å². The van der Waals surface area contributed by atoms with Gasteiger partial charge < -0.3 is 14.6 Å². The highest BCUT2D eigenvalue weighted by atomic mass is 19.4. The molecule has 3 aromatic heterocycles. The van der Waals surface area contributed by atoms with Gasteiger partial charge in [-0.25, -0.2) is 9.78 Å². The Morgan fingerprint density at radius 1 is 1.13 bits per heavy atom. The SMILES string of the molecule is Cn1ccnc1CCN1Cc2nccc(-c3ccncc3)c2C1=O.O=C(O)C(F)(F)F. The van der Waals surface area contributed by atoms with Gasteiger partial charge in [-0.2, -0.15) is 13.2 Å². The van der Waals surface area contributed by atoms with Gasteiger partial charge in [0.1, 0.15) is 5.82 Å². The fourth-order valence-electron chi connectivity index (χ4n) is 3.10. The van der Waals surface area contributed by atoms with Gasteiger partial charge >= 0.3 is 12.1 Å². The Labute approximate surface area is 175 Å². The largest absolute Gasteiger partial charge is 0.490 e. The normalized spacial score (nSPS) is 12.9. The van der Waals surface area contributed by atoms with Crippen LogP contribution in [-0.2, 0) is 24.8 Å². The minimum Gasteiger partial charge on any atom is -0.475 e. The van der Waals surface area contributed by atoms with Gasteiger partial charge in [0.05, 0.1) is 17.8 Å². The van der Waals surface area contributed by atoms with Crippen LogP contribution in [-0.4, -0.2) is 54.1 Å². The first-order valence-electron chi connectivity index (χ1n) is 9.12. The van der Waals surface area contributed by atoms with E-state index in [1.807, 2.05) is 40.9 Å². The average molecular weight is 433 g/mol. The molecule has 0 spiro atoms. The van der Waals surface area contributed by atoms with Crippen molar-refractivity contribution in [1.29, 1.82) is 0 Å². The summed E-state index contributed by atoms with van der Waals surface area (Å²) in [5, 5.41) is 7.12. The summed E-state index contributed by atoms with van der Waals surface area (Å²) in [5.41, 5.74) is 3.47. The third kappa shape index (κ3) is 5.05. The fourth-order valence-corrected chi connectivity index (χ4v) is 3.10. The zero-order valence-corrected chi connectivity index (χ0v) is 16.4. The number of carbonyl (C=O) groups is 2. The number of carbonyl (C=O) groups excluding carboxylic acids is 1. The molecule has 0 radical (unpaired) electrons. The van der Waals surface area contributed by atoms with E-state index in [1.54, 1.807) is 24.8 Å². The van der Waals surface area contributed by atoms with E-state index in [1.165, 1.54) is 0 Å². The van der Waals surface area contributed by atoms with Crippen molar-refractivity contribution in [3.63, 3.8) is 0 Å². The number of imidazole rings is 1. The van der Waals surface area contributed by atoms with Crippen LogP contribution in [0.1, 0.15) is 21.9 Å². The van der Waals surface area contributed by atoms with Crippen molar-refractivity contribution in [2.75, 3.05) is 6.54 Å². The van der Waals surface area contributed by atoms with Gasteiger partial charge in [-0.3, -0.25) is 14.8 Å². The Morgan fingerprint density at radius 3 is 2.39 bits per heavy atom. The predicted molar refractivity (Wildman–Crippen MR) is 103 cm³/mol. The van der Waals surface area contributed by atoms with Crippen molar-refractivity contribution in [3.8, 4) is 11.1 Å². The van der Waals surface area contributed by atoms with Crippen molar-refractivity contribution in [2.45, 2.75) is 19.1 Å². The molecule has 11 heteroatoms. The number of carboxylic acid groups (broad SMARTS) is 1. The number of alkyl halides is 3. The van der Waals surface area contributed by atoms with Gasteiger partial charge in [-0.1, -0.05) is 0 Å². The standard InChI is InChI=1S/C18H17N5O.C2HF3O2/c1-22-11-9-21-16(22)5-10-23-12-15-17(18(23)24)14(4-8-20-15)13-2-6-19-7-3-13;3-2(4,5)1(6)7/h2-4,6-9,11H,5,10,12H2,1H3;(H,6,7). The zero-order valence-electron chi connectivity index (χ0n) is 16.4. The lowest BCUT2D eigenvalue weighted by Gasteiger charge is -2.15. The van der Waals surface area contributed by atoms with Crippen molar-refractivity contribution >= 4 is 11.9 Å². The van der Waals surface area contributed by atoms with Crippen LogP contribution in [0.3, 0.4) is 0 Å². The quantitative estimate of drug-likeness (QED) is 0.679. The van der Waals surface area contributed by atoms with Crippen LogP contribution in [0.5, 0.6) is 0 Å². The molecule has 4 rings (SSSR count). The van der Waals surface area contributed by atoms with E-state index in [-0.39, 0.29) is 5.91 Å². The summed E-state index contributed by atoms with van der Waals surface area (Å²) in [6.45, 7) is 1.19. The van der Waals surface area contributed by atoms with E-state index in [0.29, 0.717) is 18.7 Å². The zero-order chi connectivity index (χ0) is 22.6. The molecule has 0 aliphatic carbocycles. The number of nitrogens with zero attached hydrogens (tertiary/aromatic N) is 5. The van der Waals surface area contributed by atoms with Gasteiger partial charge in [0, 0.05) is 51.0 Å². The minimum absolute atomic E-state index is 0.0409. The van der Waals surface area contributed by atoms with E-state index in [9.17, 15) is 18.0 Å². The molecule has 4 heterocycles. The number of carboxylic acids is 1. The van der Waals surface area contributed by atoms with Gasteiger partial charge in [0.15, 0.2) is 0 Å². The highest BCUT2D eigenvalue weighted by Gasteiger charge is 2.38. The van der Waals surface area contributed by atoms with Crippen LogP contribution in [0.4, 0.5) is 13.2 Å². The molecule has 1 amide bonds. The monoisotopic (exact) mass is 433 g/mol. The molecular formula is C20H18F3N5O3. The van der Waals surface area contributed by atoms with Crippen LogP contribution in [0.2, 0.25) is 0 Å². The molecule has 0 atom stereocenters.